The highest BCUT2D eigenvalue weighted by Crippen LogP contribution is 2.30. The van der Waals surface area contributed by atoms with E-state index in [2.05, 4.69) is 10.7 Å². The van der Waals surface area contributed by atoms with E-state index >= 15 is 0 Å². The summed E-state index contributed by atoms with van der Waals surface area (Å²) in [6.07, 6.45) is 4.86. The van der Waals surface area contributed by atoms with E-state index in [0.717, 1.165) is 60.0 Å². The van der Waals surface area contributed by atoms with Gasteiger partial charge in [0.15, 0.2) is 0 Å². The number of fused-ring (bicyclic) bond motifs is 1. The first-order chi connectivity index (χ1) is 14.6. The lowest BCUT2D eigenvalue weighted by Gasteiger charge is -2.22. The molecule has 6 heteroatoms. The monoisotopic (exact) mass is 427 g/mol. The first kappa shape index (κ1) is 21.2. The Morgan fingerprint density at radius 2 is 1.97 bits per heavy atom. The number of hydrogen-bond donors (Lipinski definition) is 2. The molecule has 1 amide bonds. The van der Waals surface area contributed by atoms with E-state index in [-0.39, 0.29) is 5.91 Å². The fourth-order valence-corrected chi connectivity index (χ4v) is 4.49. The van der Waals surface area contributed by atoms with Gasteiger partial charge < -0.3 is 10.1 Å². The number of carbonyl (C=O) groups excluding carboxylic acids is 1. The molecule has 4 rings (SSSR count). The van der Waals surface area contributed by atoms with Crippen LogP contribution in [0, 0.1) is 12.8 Å². The average Bonchev–Trinajstić information content (AvgIpc) is 3.07. The predicted octanol–water partition coefficient (Wildman–Crippen LogP) is 4.47. The molecule has 2 aliphatic rings. The van der Waals surface area contributed by atoms with Gasteiger partial charge in [-0.25, -0.2) is 5.43 Å². The van der Waals surface area contributed by atoms with Crippen molar-refractivity contribution in [1.29, 1.82) is 0 Å². The molecular weight excluding hydrogens is 398 g/mol. The van der Waals surface area contributed by atoms with E-state index < -0.39 is 0 Å². The van der Waals surface area contributed by atoms with Crippen molar-refractivity contribution in [3.05, 3.63) is 63.7 Å². The Kier molecular flexibility index (Phi) is 6.93. The number of benzene rings is 2. The summed E-state index contributed by atoms with van der Waals surface area (Å²) in [6.45, 7) is 6.14. The lowest BCUT2D eigenvalue weighted by Crippen LogP contribution is -2.37. The Balaban J connectivity index is 1.30. The number of ether oxygens (including phenoxy) is 1. The second-order valence-electron chi connectivity index (χ2n) is 8.31. The number of piperidine rings is 1. The van der Waals surface area contributed by atoms with Crippen molar-refractivity contribution in [2.45, 2.75) is 45.7 Å². The number of rotatable bonds is 8. The number of carbonyl (C=O) groups is 1. The van der Waals surface area contributed by atoms with Gasteiger partial charge in [-0.05, 0) is 92.6 Å². The molecule has 2 heterocycles. The van der Waals surface area contributed by atoms with Crippen LogP contribution in [-0.4, -0.2) is 30.6 Å². The molecule has 0 aliphatic carbocycles. The maximum Gasteiger partial charge on any atom is 0.268 e. The van der Waals surface area contributed by atoms with Crippen molar-refractivity contribution in [3.63, 3.8) is 0 Å². The molecule has 1 saturated heterocycles. The molecule has 0 spiro atoms. The summed E-state index contributed by atoms with van der Waals surface area (Å²) < 4.78 is 6.04. The number of aryl methyl sites for hydroxylation is 1. The number of nitrogens with zero attached hydrogens (tertiary/aromatic N) is 1. The van der Waals surface area contributed by atoms with Crippen LogP contribution in [0.25, 0.3) is 0 Å². The summed E-state index contributed by atoms with van der Waals surface area (Å²) in [5.41, 5.74) is 7.12. The van der Waals surface area contributed by atoms with Gasteiger partial charge in [-0.15, -0.1) is 0 Å². The molecule has 0 saturated carbocycles. The first-order valence-electron chi connectivity index (χ1n) is 10.9. The molecule has 0 bridgehead atoms. The number of amides is 1. The second-order valence-corrected chi connectivity index (χ2v) is 8.75. The quantitative estimate of drug-likeness (QED) is 0.610. The topological polar surface area (TPSA) is 53.6 Å². The van der Waals surface area contributed by atoms with Crippen LogP contribution in [0.5, 0.6) is 5.75 Å². The molecule has 2 aromatic rings. The van der Waals surface area contributed by atoms with Crippen molar-refractivity contribution in [2.75, 3.05) is 19.7 Å². The molecular formula is C24H30ClN3O2. The molecule has 160 valence electrons. The Labute approximate surface area is 183 Å². The van der Waals surface area contributed by atoms with E-state index in [4.69, 9.17) is 16.3 Å². The Morgan fingerprint density at radius 1 is 1.20 bits per heavy atom. The zero-order valence-corrected chi connectivity index (χ0v) is 18.3. The smallest absolute Gasteiger partial charge is 0.268 e. The largest absolute Gasteiger partial charge is 0.494 e. The molecule has 2 N–H and O–H groups in total. The van der Waals surface area contributed by atoms with E-state index in [0.29, 0.717) is 18.1 Å². The van der Waals surface area contributed by atoms with Crippen molar-refractivity contribution >= 4 is 17.5 Å². The van der Waals surface area contributed by atoms with Crippen LogP contribution < -0.4 is 15.5 Å². The van der Waals surface area contributed by atoms with Gasteiger partial charge in [0.25, 0.3) is 5.91 Å². The Bertz CT molecular complexity index is 879. The maximum atomic E-state index is 12.8. The third-order valence-electron chi connectivity index (χ3n) is 6.05. The second kappa shape index (κ2) is 9.82. The summed E-state index contributed by atoms with van der Waals surface area (Å²) in [7, 11) is 0. The summed E-state index contributed by atoms with van der Waals surface area (Å²) in [5, 5.41) is 5.81. The first-order valence-corrected chi connectivity index (χ1v) is 11.2. The summed E-state index contributed by atoms with van der Waals surface area (Å²) in [6, 6.07) is 11.7. The zero-order valence-electron chi connectivity index (χ0n) is 17.5. The Morgan fingerprint density at radius 3 is 2.73 bits per heavy atom. The molecule has 0 atom stereocenters. The van der Waals surface area contributed by atoms with E-state index in [1.807, 2.05) is 43.3 Å². The molecule has 1 fully saturated rings. The van der Waals surface area contributed by atoms with Gasteiger partial charge in [0, 0.05) is 17.1 Å². The highest BCUT2D eigenvalue weighted by Gasteiger charge is 2.29. The lowest BCUT2D eigenvalue weighted by atomic mass is 9.93. The highest BCUT2D eigenvalue weighted by molar-refractivity contribution is 6.30. The van der Waals surface area contributed by atoms with Crippen LogP contribution in [0.3, 0.4) is 0 Å². The van der Waals surface area contributed by atoms with E-state index in [1.165, 1.54) is 19.3 Å². The van der Waals surface area contributed by atoms with E-state index in [9.17, 15) is 4.79 Å². The van der Waals surface area contributed by atoms with Gasteiger partial charge in [0.1, 0.15) is 5.75 Å². The number of hydrazine groups is 1. The number of hydrogen-bond acceptors (Lipinski definition) is 4. The van der Waals surface area contributed by atoms with Gasteiger partial charge in [-0.2, -0.15) is 0 Å². The molecule has 30 heavy (non-hydrogen) atoms. The van der Waals surface area contributed by atoms with Gasteiger partial charge in [-0.1, -0.05) is 23.7 Å². The summed E-state index contributed by atoms with van der Waals surface area (Å²) in [5.74, 6) is 1.72. The van der Waals surface area contributed by atoms with Crippen molar-refractivity contribution in [3.8, 4) is 5.75 Å². The summed E-state index contributed by atoms with van der Waals surface area (Å²) in [4.78, 5) is 12.8. The molecule has 5 nitrogen and oxygen atoms in total. The number of nitrogens with one attached hydrogen (secondary N) is 2. The number of halogens is 1. The van der Waals surface area contributed by atoms with Crippen LogP contribution in [-0.2, 0) is 13.1 Å². The lowest BCUT2D eigenvalue weighted by molar-refractivity contribution is 0.0678. The normalized spacial score (nSPS) is 16.7. The van der Waals surface area contributed by atoms with Crippen molar-refractivity contribution in [1.82, 2.24) is 15.8 Å². The van der Waals surface area contributed by atoms with Gasteiger partial charge >= 0.3 is 0 Å². The minimum absolute atomic E-state index is 0.0221. The van der Waals surface area contributed by atoms with Crippen LogP contribution in [0.4, 0.5) is 0 Å². The molecule has 2 aliphatic heterocycles. The third kappa shape index (κ3) is 5.15. The molecule has 0 radical (unpaired) electrons. The van der Waals surface area contributed by atoms with Gasteiger partial charge in [-0.3, -0.25) is 9.80 Å². The zero-order chi connectivity index (χ0) is 20.9. The van der Waals surface area contributed by atoms with Gasteiger partial charge in [0.2, 0.25) is 0 Å². The highest BCUT2D eigenvalue weighted by atomic mass is 35.5. The fourth-order valence-electron chi connectivity index (χ4n) is 4.36. The molecule has 2 aromatic carbocycles. The Hall–Kier alpha value is -2.08. The minimum Gasteiger partial charge on any atom is -0.494 e. The van der Waals surface area contributed by atoms with Crippen LogP contribution >= 0.6 is 11.6 Å². The summed E-state index contributed by atoms with van der Waals surface area (Å²) >= 11 is 5.94. The van der Waals surface area contributed by atoms with Gasteiger partial charge in [0.05, 0.1) is 13.2 Å². The predicted molar refractivity (Wildman–Crippen MR) is 120 cm³/mol. The van der Waals surface area contributed by atoms with Crippen LogP contribution in [0.1, 0.15) is 52.7 Å². The maximum absolute atomic E-state index is 12.8. The standard InChI is InChI=1S/C24H30ClN3O2/c1-17-13-22(30-12-2-3-18-8-10-26-11-9-18)14-20-16-28(24(29)23(17)20)27-15-19-4-6-21(25)7-5-19/h4-7,13-14,18,26-27H,2-3,8-12,15-16H2,1H3. The van der Waals surface area contributed by atoms with Crippen LogP contribution in [0.15, 0.2) is 36.4 Å². The van der Waals surface area contributed by atoms with Crippen molar-refractivity contribution < 1.29 is 9.53 Å². The average molecular weight is 428 g/mol. The molecule has 0 aromatic heterocycles. The van der Waals surface area contributed by atoms with E-state index in [1.54, 1.807) is 5.01 Å². The van der Waals surface area contributed by atoms with Crippen molar-refractivity contribution in [2.24, 2.45) is 5.92 Å². The molecule has 0 unspecified atom stereocenters. The SMILES string of the molecule is Cc1cc(OCCCC2CCNCC2)cc2c1C(=O)N(NCc1ccc(Cl)cc1)C2. The fraction of sp³-hybridized carbons (Fsp3) is 0.458. The third-order valence-corrected chi connectivity index (χ3v) is 6.30. The minimum atomic E-state index is 0.0221. The van der Waals surface area contributed by atoms with Crippen LogP contribution in [0.2, 0.25) is 5.02 Å².